The highest BCUT2D eigenvalue weighted by molar-refractivity contribution is 6.07. The largest absolute Gasteiger partial charge is 0.422 e. The Labute approximate surface area is 213 Å². The molecule has 3 atom stereocenters. The minimum absolute atomic E-state index is 0.235. The van der Waals surface area contributed by atoms with Crippen molar-refractivity contribution in [3.8, 4) is 0 Å². The quantitative estimate of drug-likeness (QED) is 0.266. The Morgan fingerprint density at radius 1 is 1.05 bits per heavy atom. The number of hydrogen-bond donors (Lipinski definition) is 0. The minimum Gasteiger partial charge on any atom is -0.422 e. The molecule has 2 aromatic rings. The van der Waals surface area contributed by atoms with Crippen LogP contribution in [0.4, 0.5) is 5.69 Å². The number of carbonyl (C=O) groups is 3. The summed E-state index contributed by atoms with van der Waals surface area (Å²) in [6.07, 6.45) is 1.59. The predicted octanol–water partition coefficient (Wildman–Crippen LogP) is 3.89. The molecular formula is C27H27N3O7. The van der Waals surface area contributed by atoms with E-state index in [0.717, 1.165) is 0 Å². The van der Waals surface area contributed by atoms with E-state index < -0.39 is 51.5 Å². The summed E-state index contributed by atoms with van der Waals surface area (Å²) in [4.78, 5) is 53.3. The van der Waals surface area contributed by atoms with Gasteiger partial charge in [0, 0.05) is 37.3 Å². The zero-order valence-electron chi connectivity index (χ0n) is 21.1. The van der Waals surface area contributed by atoms with E-state index in [1.807, 2.05) is 0 Å². The Bertz CT molecular complexity index is 1350. The van der Waals surface area contributed by atoms with Crippen LogP contribution in [0.15, 0.2) is 53.6 Å². The van der Waals surface area contributed by atoms with Crippen LogP contribution < -0.4 is 0 Å². The van der Waals surface area contributed by atoms with E-state index in [4.69, 9.17) is 9.47 Å². The summed E-state index contributed by atoms with van der Waals surface area (Å²) >= 11 is 0. The maximum Gasteiger partial charge on any atom is 0.330 e. The molecule has 2 saturated heterocycles. The fourth-order valence-corrected chi connectivity index (χ4v) is 5.66. The van der Waals surface area contributed by atoms with Crippen LogP contribution in [-0.2, 0) is 23.9 Å². The predicted molar refractivity (Wildman–Crippen MR) is 131 cm³/mol. The average Bonchev–Trinajstić information content (AvgIpc) is 3.13. The van der Waals surface area contributed by atoms with Crippen LogP contribution in [0.25, 0.3) is 0 Å². The van der Waals surface area contributed by atoms with Crippen molar-refractivity contribution in [1.29, 1.82) is 0 Å². The summed E-state index contributed by atoms with van der Waals surface area (Å²) in [5, 5.41) is 17.7. The minimum atomic E-state index is -2.05. The molecule has 3 unspecified atom stereocenters. The molecule has 3 aliphatic rings. The number of ether oxygens (including phenoxy) is 2. The molecule has 10 heteroatoms. The molecule has 0 aromatic heterocycles. The summed E-state index contributed by atoms with van der Waals surface area (Å²) < 4.78 is 11.4. The van der Waals surface area contributed by atoms with E-state index in [-0.39, 0.29) is 17.0 Å². The molecule has 2 aromatic carbocycles. The summed E-state index contributed by atoms with van der Waals surface area (Å²) in [6.45, 7) is 8.12. The fraction of sp³-hybridized carbons (Fsp3) is 0.407. The molecule has 0 aliphatic carbocycles. The van der Waals surface area contributed by atoms with Gasteiger partial charge in [-0.1, -0.05) is 57.2 Å². The van der Waals surface area contributed by atoms with Gasteiger partial charge in [0.05, 0.1) is 11.1 Å². The first-order valence-corrected chi connectivity index (χ1v) is 12.0. The molecule has 2 fully saturated rings. The smallest absolute Gasteiger partial charge is 0.330 e. The second kappa shape index (κ2) is 7.96. The monoisotopic (exact) mass is 505 g/mol. The van der Waals surface area contributed by atoms with E-state index in [0.29, 0.717) is 11.1 Å². The van der Waals surface area contributed by atoms with Crippen molar-refractivity contribution in [2.75, 3.05) is 0 Å². The van der Waals surface area contributed by atoms with E-state index >= 15 is 0 Å². The number of cyclic esters (lactones) is 2. The number of Topliss-reactive ketones (excluding diaryl/α,β-unsaturated/α-hetero) is 1. The number of rotatable bonds is 3. The molecule has 0 bridgehead atoms. The average molecular weight is 506 g/mol. The van der Waals surface area contributed by atoms with Crippen molar-refractivity contribution >= 4 is 29.6 Å². The van der Waals surface area contributed by atoms with Crippen LogP contribution in [0.2, 0.25) is 0 Å². The zero-order chi connectivity index (χ0) is 26.9. The van der Waals surface area contributed by atoms with Crippen LogP contribution in [0, 0.1) is 20.9 Å². The number of nitro groups is 1. The first kappa shape index (κ1) is 24.6. The van der Waals surface area contributed by atoms with E-state index in [9.17, 15) is 24.5 Å². The number of esters is 2. The lowest BCUT2D eigenvalue weighted by Crippen LogP contribution is -2.58. The number of hydrazone groups is 1. The Kier molecular flexibility index (Phi) is 5.29. The highest BCUT2D eigenvalue weighted by Gasteiger charge is 2.75. The SMILES string of the molecule is CC1(C)OC(=O)C2(C(=O)O1)C(c1cccc([N+](=O)[O-])c1)C(C(=O)C(C)(C)C)N1N=Cc3ccccc3C12. The molecule has 192 valence electrons. The number of hydrogen-bond acceptors (Lipinski definition) is 9. The van der Waals surface area contributed by atoms with Gasteiger partial charge in [-0.15, -0.1) is 0 Å². The lowest BCUT2D eigenvalue weighted by molar-refractivity contribution is -0.385. The number of nitro benzene ring substituents is 1. The first-order chi connectivity index (χ1) is 17.3. The van der Waals surface area contributed by atoms with Crippen molar-refractivity contribution in [3.63, 3.8) is 0 Å². The van der Waals surface area contributed by atoms with Gasteiger partial charge in [-0.25, -0.2) is 0 Å². The maximum absolute atomic E-state index is 14.1. The Hall–Kier alpha value is -4.08. The highest BCUT2D eigenvalue weighted by atomic mass is 16.7. The standard InChI is InChI=1S/C27H27N3O7/c1-25(2,3)22(31)20-19(15-10-8-11-17(13-15)30(34)35)27(23(32)36-26(4,5)37-24(27)33)21-18-12-7-6-9-16(18)14-28-29(20)21/h6-14,19-21H,1-5H3. The van der Waals surface area contributed by atoms with Crippen LogP contribution in [0.3, 0.4) is 0 Å². The van der Waals surface area contributed by atoms with Gasteiger partial charge in [-0.05, 0) is 16.7 Å². The molecule has 0 radical (unpaired) electrons. The van der Waals surface area contributed by atoms with Gasteiger partial charge >= 0.3 is 11.9 Å². The van der Waals surface area contributed by atoms with Crippen LogP contribution in [0.5, 0.6) is 0 Å². The molecule has 3 heterocycles. The molecule has 0 saturated carbocycles. The number of nitrogens with zero attached hydrogens (tertiary/aromatic N) is 3. The van der Waals surface area contributed by atoms with Crippen LogP contribution >= 0.6 is 0 Å². The number of ketones is 1. The Morgan fingerprint density at radius 2 is 1.70 bits per heavy atom. The van der Waals surface area contributed by atoms with Crippen LogP contribution in [-0.4, -0.2) is 45.7 Å². The zero-order valence-corrected chi connectivity index (χ0v) is 21.1. The molecule has 10 nitrogen and oxygen atoms in total. The summed E-state index contributed by atoms with van der Waals surface area (Å²) in [7, 11) is 0. The Balaban J connectivity index is 1.86. The molecule has 37 heavy (non-hydrogen) atoms. The molecule has 0 N–H and O–H groups in total. The maximum atomic E-state index is 14.1. The third-order valence-corrected chi connectivity index (χ3v) is 7.21. The normalized spacial score (nSPS) is 25.2. The lowest BCUT2D eigenvalue weighted by atomic mass is 9.64. The number of benzene rings is 2. The van der Waals surface area contributed by atoms with E-state index in [1.165, 1.54) is 37.1 Å². The third kappa shape index (κ3) is 3.53. The van der Waals surface area contributed by atoms with Gasteiger partial charge in [0.2, 0.25) is 5.41 Å². The summed E-state index contributed by atoms with van der Waals surface area (Å²) in [6, 6.07) is 10.7. The molecule has 3 aliphatic heterocycles. The van der Waals surface area contributed by atoms with Gasteiger partial charge in [-0.2, -0.15) is 5.10 Å². The highest BCUT2D eigenvalue weighted by Crippen LogP contribution is 2.63. The molecule has 0 amide bonds. The first-order valence-electron chi connectivity index (χ1n) is 12.0. The molecular weight excluding hydrogens is 478 g/mol. The van der Waals surface area contributed by atoms with Crippen molar-refractivity contribution in [2.24, 2.45) is 15.9 Å². The van der Waals surface area contributed by atoms with Crippen LogP contribution in [0.1, 0.15) is 63.3 Å². The fourth-order valence-electron chi connectivity index (χ4n) is 5.66. The van der Waals surface area contributed by atoms with Crippen molar-refractivity contribution in [2.45, 2.75) is 58.4 Å². The van der Waals surface area contributed by atoms with Gasteiger partial charge in [0.25, 0.3) is 11.5 Å². The molecule has 5 rings (SSSR count). The van der Waals surface area contributed by atoms with Crippen molar-refractivity contribution in [1.82, 2.24) is 5.01 Å². The summed E-state index contributed by atoms with van der Waals surface area (Å²) in [5.74, 6) is -4.72. The van der Waals surface area contributed by atoms with Gasteiger partial charge in [0.1, 0.15) is 12.1 Å². The second-order valence-electron chi connectivity index (χ2n) is 11.1. The van der Waals surface area contributed by atoms with E-state index in [2.05, 4.69) is 5.10 Å². The number of non-ortho nitro benzene ring substituents is 1. The lowest BCUT2D eigenvalue weighted by Gasteiger charge is -2.44. The number of fused-ring (bicyclic) bond motifs is 4. The van der Waals surface area contributed by atoms with Crippen molar-refractivity contribution < 1.29 is 28.8 Å². The molecule has 1 spiro atoms. The van der Waals surface area contributed by atoms with Gasteiger partial charge < -0.3 is 9.47 Å². The third-order valence-electron chi connectivity index (χ3n) is 7.21. The second-order valence-corrected chi connectivity index (χ2v) is 11.1. The number of carbonyl (C=O) groups excluding carboxylic acids is 3. The van der Waals surface area contributed by atoms with E-state index in [1.54, 1.807) is 57.3 Å². The van der Waals surface area contributed by atoms with Gasteiger partial charge in [0.15, 0.2) is 5.78 Å². The summed E-state index contributed by atoms with van der Waals surface area (Å²) in [5.41, 5.74) is -1.63. The topological polar surface area (TPSA) is 128 Å². The Morgan fingerprint density at radius 3 is 2.32 bits per heavy atom. The van der Waals surface area contributed by atoms with Gasteiger partial charge in [-0.3, -0.25) is 29.5 Å². The van der Waals surface area contributed by atoms with Crippen molar-refractivity contribution in [3.05, 3.63) is 75.3 Å².